The molecule has 0 aromatic carbocycles. The summed E-state index contributed by atoms with van der Waals surface area (Å²) in [4.78, 5) is 26.5. The van der Waals surface area contributed by atoms with Gasteiger partial charge in [-0.1, -0.05) is 0 Å². The van der Waals surface area contributed by atoms with Gasteiger partial charge in [-0.3, -0.25) is 4.90 Å². The fraction of sp³-hybridized carbons (Fsp3) is 0.846. The first-order valence-electron chi connectivity index (χ1n) is 7.33. The molecule has 3 N–H and O–H groups in total. The monoisotopic (exact) mass is 301 g/mol. The van der Waals surface area contributed by atoms with Gasteiger partial charge in [0, 0.05) is 32.6 Å². The van der Waals surface area contributed by atoms with E-state index in [0.717, 1.165) is 39.3 Å². The molecule has 2 fully saturated rings. The van der Waals surface area contributed by atoms with Crippen molar-refractivity contribution >= 4 is 12.0 Å². The number of carbonyl (C=O) groups excluding carboxylic acids is 1. The zero-order valence-corrected chi connectivity index (χ0v) is 12.0. The molecule has 8 nitrogen and oxygen atoms in total. The Morgan fingerprint density at radius 1 is 1.29 bits per heavy atom. The lowest BCUT2D eigenvalue weighted by Gasteiger charge is -2.26. The first kappa shape index (κ1) is 16.0. The number of morpholine rings is 1. The van der Waals surface area contributed by atoms with Gasteiger partial charge < -0.3 is 25.2 Å². The second kappa shape index (κ2) is 7.58. The third-order valence-corrected chi connectivity index (χ3v) is 3.86. The molecule has 2 saturated heterocycles. The Balaban J connectivity index is 1.67. The maximum atomic E-state index is 12.0. The number of ether oxygens (including phenoxy) is 1. The number of aliphatic carboxylic acids is 1. The van der Waals surface area contributed by atoms with E-state index < -0.39 is 24.1 Å². The van der Waals surface area contributed by atoms with Crippen LogP contribution in [0, 0.1) is 0 Å². The minimum Gasteiger partial charge on any atom is -0.480 e. The summed E-state index contributed by atoms with van der Waals surface area (Å²) in [6, 6.07) is -1.35. The Bertz CT molecular complexity index is 373. The van der Waals surface area contributed by atoms with Gasteiger partial charge in [0.15, 0.2) is 0 Å². The third-order valence-electron chi connectivity index (χ3n) is 3.86. The second-order valence-corrected chi connectivity index (χ2v) is 5.44. The molecule has 0 unspecified atom stereocenters. The van der Waals surface area contributed by atoms with Gasteiger partial charge in [0.05, 0.1) is 19.3 Å². The van der Waals surface area contributed by atoms with Gasteiger partial charge in [-0.25, -0.2) is 9.59 Å². The van der Waals surface area contributed by atoms with Gasteiger partial charge in [-0.2, -0.15) is 0 Å². The maximum absolute atomic E-state index is 12.0. The van der Waals surface area contributed by atoms with Crippen LogP contribution in [-0.2, 0) is 9.53 Å². The molecule has 0 aromatic heterocycles. The van der Waals surface area contributed by atoms with E-state index in [9.17, 15) is 14.7 Å². The van der Waals surface area contributed by atoms with E-state index in [1.54, 1.807) is 0 Å². The normalized spacial score (nSPS) is 26.8. The van der Waals surface area contributed by atoms with Crippen molar-refractivity contribution < 1.29 is 24.5 Å². The SMILES string of the molecule is O=C(O)[C@H]1C[C@@H](O)CN1C(=O)NCCCN1CCOCC1. The van der Waals surface area contributed by atoms with Crippen molar-refractivity contribution in [3.8, 4) is 0 Å². The van der Waals surface area contributed by atoms with Crippen molar-refractivity contribution in [3.05, 3.63) is 0 Å². The van der Waals surface area contributed by atoms with Crippen LogP contribution in [0.5, 0.6) is 0 Å². The Hall–Kier alpha value is -1.38. The van der Waals surface area contributed by atoms with E-state index in [4.69, 9.17) is 9.84 Å². The molecule has 0 spiro atoms. The topological polar surface area (TPSA) is 102 Å². The number of hydrogen-bond acceptors (Lipinski definition) is 5. The molecule has 2 rings (SSSR count). The number of carboxylic acids is 1. The van der Waals surface area contributed by atoms with E-state index in [2.05, 4.69) is 10.2 Å². The third kappa shape index (κ3) is 4.55. The van der Waals surface area contributed by atoms with Gasteiger partial charge >= 0.3 is 12.0 Å². The predicted molar refractivity (Wildman–Crippen MR) is 74.0 cm³/mol. The maximum Gasteiger partial charge on any atom is 0.326 e. The summed E-state index contributed by atoms with van der Waals surface area (Å²) in [5, 5.41) is 21.3. The molecular weight excluding hydrogens is 278 g/mol. The van der Waals surface area contributed by atoms with Crippen molar-refractivity contribution in [2.75, 3.05) is 45.9 Å². The van der Waals surface area contributed by atoms with Gasteiger partial charge in [0.2, 0.25) is 0 Å². The van der Waals surface area contributed by atoms with Crippen molar-refractivity contribution in [1.29, 1.82) is 0 Å². The van der Waals surface area contributed by atoms with Crippen LogP contribution in [0.2, 0.25) is 0 Å². The van der Waals surface area contributed by atoms with E-state index in [0.29, 0.717) is 6.54 Å². The number of carbonyl (C=O) groups is 2. The number of hydrogen-bond donors (Lipinski definition) is 3. The first-order chi connectivity index (χ1) is 10.1. The quantitative estimate of drug-likeness (QED) is 0.559. The van der Waals surface area contributed by atoms with E-state index in [1.165, 1.54) is 4.90 Å². The number of carboxylic acid groups (broad SMARTS) is 1. The van der Waals surface area contributed by atoms with E-state index >= 15 is 0 Å². The summed E-state index contributed by atoms with van der Waals surface area (Å²) < 4.78 is 5.26. The minimum atomic E-state index is -1.07. The fourth-order valence-corrected chi connectivity index (χ4v) is 2.70. The summed E-state index contributed by atoms with van der Waals surface area (Å²) in [6.07, 6.45) is 0.140. The van der Waals surface area contributed by atoms with Crippen LogP contribution in [0.3, 0.4) is 0 Å². The highest BCUT2D eigenvalue weighted by Gasteiger charge is 2.38. The standard InChI is InChI=1S/C13H23N3O5/c17-10-8-11(12(18)19)16(9-10)13(20)14-2-1-3-15-4-6-21-7-5-15/h10-11,17H,1-9H2,(H,14,20)(H,18,19)/t10-,11-/m1/s1. The van der Waals surface area contributed by atoms with Crippen LogP contribution in [0.4, 0.5) is 4.79 Å². The molecular formula is C13H23N3O5. The molecule has 2 atom stereocenters. The Morgan fingerprint density at radius 2 is 2.00 bits per heavy atom. The molecule has 2 aliphatic heterocycles. The smallest absolute Gasteiger partial charge is 0.326 e. The second-order valence-electron chi connectivity index (χ2n) is 5.44. The summed E-state index contributed by atoms with van der Waals surface area (Å²) in [5.41, 5.74) is 0. The van der Waals surface area contributed by atoms with Crippen LogP contribution < -0.4 is 5.32 Å². The fourth-order valence-electron chi connectivity index (χ4n) is 2.70. The number of amides is 2. The van der Waals surface area contributed by atoms with Crippen LogP contribution in [-0.4, -0.2) is 90.1 Å². The lowest BCUT2D eigenvalue weighted by Crippen LogP contribution is -2.46. The lowest BCUT2D eigenvalue weighted by molar-refractivity contribution is -0.141. The van der Waals surface area contributed by atoms with Gasteiger partial charge in [-0.15, -0.1) is 0 Å². The lowest BCUT2D eigenvalue weighted by atomic mass is 10.2. The van der Waals surface area contributed by atoms with E-state index in [1.807, 2.05) is 0 Å². The van der Waals surface area contributed by atoms with Crippen LogP contribution in [0.15, 0.2) is 0 Å². The Kier molecular flexibility index (Phi) is 5.77. The zero-order valence-electron chi connectivity index (χ0n) is 12.0. The molecule has 0 aliphatic carbocycles. The van der Waals surface area contributed by atoms with E-state index in [-0.39, 0.29) is 13.0 Å². The molecule has 2 heterocycles. The molecule has 2 amide bonds. The highest BCUT2D eigenvalue weighted by Crippen LogP contribution is 2.18. The molecule has 0 bridgehead atoms. The first-order valence-corrected chi connectivity index (χ1v) is 7.33. The number of aliphatic hydroxyl groups is 1. The van der Waals surface area contributed by atoms with Crippen LogP contribution in [0.1, 0.15) is 12.8 Å². The Labute approximate surface area is 123 Å². The van der Waals surface area contributed by atoms with Crippen LogP contribution >= 0.6 is 0 Å². The number of rotatable bonds is 5. The van der Waals surface area contributed by atoms with Crippen LogP contribution in [0.25, 0.3) is 0 Å². The van der Waals surface area contributed by atoms with Crippen molar-refractivity contribution in [2.24, 2.45) is 0 Å². The number of urea groups is 1. The highest BCUT2D eigenvalue weighted by molar-refractivity contribution is 5.83. The molecule has 2 aliphatic rings. The summed E-state index contributed by atoms with van der Waals surface area (Å²) >= 11 is 0. The van der Waals surface area contributed by atoms with Gasteiger partial charge in [-0.05, 0) is 13.0 Å². The summed E-state index contributed by atoms with van der Waals surface area (Å²) in [6.45, 7) is 4.77. The number of likely N-dealkylation sites (tertiary alicyclic amines) is 1. The largest absolute Gasteiger partial charge is 0.480 e. The molecule has 0 radical (unpaired) electrons. The van der Waals surface area contributed by atoms with Gasteiger partial charge in [0.1, 0.15) is 6.04 Å². The van der Waals surface area contributed by atoms with Crippen molar-refractivity contribution in [3.63, 3.8) is 0 Å². The average molecular weight is 301 g/mol. The molecule has 120 valence electrons. The highest BCUT2D eigenvalue weighted by atomic mass is 16.5. The molecule has 0 saturated carbocycles. The zero-order chi connectivity index (χ0) is 15.2. The summed E-state index contributed by atoms with van der Waals surface area (Å²) in [7, 11) is 0. The molecule has 8 heteroatoms. The Morgan fingerprint density at radius 3 is 2.67 bits per heavy atom. The number of nitrogens with zero attached hydrogens (tertiary/aromatic N) is 2. The van der Waals surface area contributed by atoms with Crippen molar-refractivity contribution in [1.82, 2.24) is 15.1 Å². The predicted octanol–water partition coefficient (Wildman–Crippen LogP) is -1.06. The molecule has 0 aromatic rings. The number of nitrogens with one attached hydrogen (secondary N) is 1. The molecule has 21 heavy (non-hydrogen) atoms. The summed E-state index contributed by atoms with van der Waals surface area (Å²) in [5.74, 6) is -1.07. The minimum absolute atomic E-state index is 0.0757. The number of β-amino-alcohol motifs (C(OH)–C–C–N with tert-alkyl or cyclic N) is 1. The number of aliphatic hydroxyl groups excluding tert-OH is 1. The van der Waals surface area contributed by atoms with Gasteiger partial charge in [0.25, 0.3) is 0 Å². The average Bonchev–Trinajstić information content (AvgIpc) is 2.87. The van der Waals surface area contributed by atoms with Crippen molar-refractivity contribution in [2.45, 2.75) is 25.0 Å².